The van der Waals surface area contributed by atoms with Crippen LogP contribution in [0.3, 0.4) is 0 Å². The highest BCUT2D eigenvalue weighted by Crippen LogP contribution is 2.29. The summed E-state index contributed by atoms with van der Waals surface area (Å²) in [6.07, 6.45) is 1.66. The van der Waals surface area contributed by atoms with Gasteiger partial charge in [-0.3, -0.25) is 9.59 Å². The van der Waals surface area contributed by atoms with E-state index < -0.39 is 0 Å². The molecule has 0 radical (unpaired) electrons. The van der Waals surface area contributed by atoms with Crippen molar-refractivity contribution in [1.82, 2.24) is 0 Å². The number of aryl methyl sites for hydroxylation is 1. The van der Waals surface area contributed by atoms with Crippen molar-refractivity contribution in [1.29, 1.82) is 0 Å². The van der Waals surface area contributed by atoms with E-state index in [1.54, 1.807) is 30.3 Å². The average molecular weight is 240 g/mol. The van der Waals surface area contributed by atoms with Gasteiger partial charge in [-0.05, 0) is 12.5 Å². The maximum Gasteiger partial charge on any atom is 0.229 e. The standard InChI is InChI=1S/C15H12O3/c1-2-5-9-8-12-13(16)10-6-3-4-7-11(10)14(17)15(12)18-9/h3-4,6-8H,2,5H2,1H3. The summed E-state index contributed by atoms with van der Waals surface area (Å²) in [7, 11) is 0. The second-order valence-corrected chi connectivity index (χ2v) is 4.41. The summed E-state index contributed by atoms with van der Waals surface area (Å²) < 4.78 is 5.52. The highest BCUT2D eigenvalue weighted by atomic mass is 16.3. The van der Waals surface area contributed by atoms with Crippen molar-refractivity contribution in [2.75, 3.05) is 0 Å². The maximum absolute atomic E-state index is 12.3. The van der Waals surface area contributed by atoms with Crippen molar-refractivity contribution in [3.8, 4) is 0 Å². The molecular formula is C15H12O3. The van der Waals surface area contributed by atoms with Crippen LogP contribution in [0, 0.1) is 0 Å². The number of benzene rings is 1. The van der Waals surface area contributed by atoms with Crippen LogP contribution < -0.4 is 0 Å². The van der Waals surface area contributed by atoms with Crippen LogP contribution in [0.1, 0.15) is 51.1 Å². The van der Waals surface area contributed by atoms with Crippen molar-refractivity contribution in [2.24, 2.45) is 0 Å². The Morgan fingerprint density at radius 3 is 2.33 bits per heavy atom. The van der Waals surface area contributed by atoms with Gasteiger partial charge in [0, 0.05) is 17.5 Å². The zero-order valence-electron chi connectivity index (χ0n) is 10.0. The molecule has 2 aromatic rings. The van der Waals surface area contributed by atoms with E-state index in [1.807, 2.05) is 6.92 Å². The second-order valence-electron chi connectivity index (χ2n) is 4.41. The molecule has 0 N–H and O–H groups in total. The van der Waals surface area contributed by atoms with Crippen LogP contribution >= 0.6 is 0 Å². The summed E-state index contributed by atoms with van der Waals surface area (Å²) in [4.78, 5) is 24.5. The summed E-state index contributed by atoms with van der Waals surface area (Å²) in [6, 6.07) is 8.58. The molecule has 1 aliphatic rings. The Kier molecular flexibility index (Phi) is 2.40. The third-order valence-electron chi connectivity index (χ3n) is 3.15. The minimum absolute atomic E-state index is 0.119. The number of ketones is 2. The number of furan rings is 1. The summed E-state index contributed by atoms with van der Waals surface area (Å²) in [5, 5.41) is 0. The smallest absolute Gasteiger partial charge is 0.229 e. The van der Waals surface area contributed by atoms with Gasteiger partial charge in [0.25, 0.3) is 0 Å². The Balaban J connectivity index is 2.18. The van der Waals surface area contributed by atoms with Gasteiger partial charge in [0.05, 0.1) is 5.56 Å². The van der Waals surface area contributed by atoms with E-state index in [4.69, 9.17) is 4.42 Å². The molecule has 0 bridgehead atoms. The fourth-order valence-corrected chi connectivity index (χ4v) is 2.30. The van der Waals surface area contributed by atoms with Gasteiger partial charge in [-0.15, -0.1) is 0 Å². The van der Waals surface area contributed by atoms with E-state index >= 15 is 0 Å². The number of hydrogen-bond donors (Lipinski definition) is 0. The first-order valence-electron chi connectivity index (χ1n) is 6.03. The maximum atomic E-state index is 12.3. The molecule has 0 saturated heterocycles. The first-order valence-corrected chi connectivity index (χ1v) is 6.03. The normalized spacial score (nSPS) is 13.4. The lowest BCUT2D eigenvalue weighted by Gasteiger charge is -2.11. The molecular weight excluding hydrogens is 228 g/mol. The Morgan fingerprint density at radius 2 is 1.67 bits per heavy atom. The number of rotatable bonds is 2. The Bertz CT molecular complexity index is 597. The van der Waals surface area contributed by atoms with E-state index in [9.17, 15) is 9.59 Å². The van der Waals surface area contributed by atoms with E-state index in [1.165, 1.54) is 0 Å². The van der Waals surface area contributed by atoms with Crippen molar-refractivity contribution >= 4 is 11.6 Å². The van der Waals surface area contributed by atoms with Gasteiger partial charge in [-0.25, -0.2) is 0 Å². The highest BCUT2D eigenvalue weighted by Gasteiger charge is 2.33. The third-order valence-corrected chi connectivity index (χ3v) is 3.15. The Morgan fingerprint density at radius 1 is 1.00 bits per heavy atom. The summed E-state index contributed by atoms with van der Waals surface area (Å²) in [6.45, 7) is 2.03. The molecule has 1 heterocycles. The van der Waals surface area contributed by atoms with Crippen LogP contribution in [0.4, 0.5) is 0 Å². The zero-order valence-corrected chi connectivity index (χ0v) is 10.0. The zero-order chi connectivity index (χ0) is 12.7. The molecule has 1 aliphatic carbocycles. The topological polar surface area (TPSA) is 47.3 Å². The molecule has 0 amide bonds. The van der Waals surface area contributed by atoms with Gasteiger partial charge in [0.15, 0.2) is 11.5 Å². The second kappa shape index (κ2) is 3.95. The van der Waals surface area contributed by atoms with Gasteiger partial charge in [0.2, 0.25) is 5.78 Å². The minimum Gasteiger partial charge on any atom is -0.457 e. The molecule has 0 atom stereocenters. The molecule has 90 valence electrons. The largest absolute Gasteiger partial charge is 0.457 e. The predicted octanol–water partition coefficient (Wildman–Crippen LogP) is 3.01. The van der Waals surface area contributed by atoms with E-state index in [-0.39, 0.29) is 17.3 Å². The van der Waals surface area contributed by atoms with E-state index in [0.717, 1.165) is 12.8 Å². The lowest BCUT2D eigenvalue weighted by Crippen LogP contribution is -2.18. The quantitative estimate of drug-likeness (QED) is 0.691. The fraction of sp³-hybridized carbons (Fsp3) is 0.200. The Hall–Kier alpha value is -2.16. The predicted molar refractivity (Wildman–Crippen MR) is 66.0 cm³/mol. The lowest BCUT2D eigenvalue weighted by molar-refractivity contribution is 0.0959. The van der Waals surface area contributed by atoms with E-state index in [0.29, 0.717) is 22.5 Å². The monoisotopic (exact) mass is 240 g/mol. The van der Waals surface area contributed by atoms with Gasteiger partial charge < -0.3 is 4.42 Å². The van der Waals surface area contributed by atoms with Gasteiger partial charge in [0.1, 0.15) is 5.76 Å². The van der Waals surface area contributed by atoms with Gasteiger partial charge in [-0.1, -0.05) is 31.2 Å². The number of fused-ring (bicyclic) bond motifs is 2. The first-order chi connectivity index (χ1) is 8.72. The van der Waals surface area contributed by atoms with Crippen LogP contribution in [0.2, 0.25) is 0 Å². The molecule has 3 rings (SSSR count). The Labute approximate surface area is 104 Å². The van der Waals surface area contributed by atoms with Gasteiger partial charge in [-0.2, -0.15) is 0 Å². The average Bonchev–Trinajstić information content (AvgIpc) is 2.81. The SMILES string of the molecule is CCCc1cc2c(o1)C(=O)c1ccccc1C2=O. The lowest BCUT2D eigenvalue weighted by atomic mass is 9.88. The van der Waals surface area contributed by atoms with Crippen molar-refractivity contribution in [3.63, 3.8) is 0 Å². The molecule has 18 heavy (non-hydrogen) atoms. The van der Waals surface area contributed by atoms with Crippen LogP contribution in [0.5, 0.6) is 0 Å². The molecule has 3 heteroatoms. The third kappa shape index (κ3) is 1.44. The fourth-order valence-electron chi connectivity index (χ4n) is 2.30. The van der Waals surface area contributed by atoms with Crippen LogP contribution in [-0.4, -0.2) is 11.6 Å². The van der Waals surface area contributed by atoms with Crippen LogP contribution in [-0.2, 0) is 6.42 Å². The molecule has 3 nitrogen and oxygen atoms in total. The summed E-state index contributed by atoms with van der Waals surface area (Å²) in [5.74, 6) is 0.591. The van der Waals surface area contributed by atoms with Crippen LogP contribution in [0.25, 0.3) is 0 Å². The highest BCUT2D eigenvalue weighted by molar-refractivity contribution is 6.27. The number of hydrogen-bond acceptors (Lipinski definition) is 3. The van der Waals surface area contributed by atoms with Crippen molar-refractivity contribution < 1.29 is 14.0 Å². The molecule has 0 saturated carbocycles. The molecule has 0 unspecified atom stereocenters. The molecule has 1 aromatic heterocycles. The molecule has 0 spiro atoms. The van der Waals surface area contributed by atoms with Crippen molar-refractivity contribution in [2.45, 2.75) is 19.8 Å². The molecule has 1 aromatic carbocycles. The summed E-state index contributed by atoms with van der Waals surface area (Å²) in [5.41, 5.74) is 1.31. The number of carbonyl (C=O) groups excluding carboxylic acids is 2. The molecule has 0 fully saturated rings. The first kappa shape index (κ1) is 11.0. The van der Waals surface area contributed by atoms with Crippen LogP contribution in [0.15, 0.2) is 34.7 Å². The number of carbonyl (C=O) groups is 2. The summed E-state index contributed by atoms with van der Waals surface area (Å²) >= 11 is 0. The van der Waals surface area contributed by atoms with Gasteiger partial charge >= 0.3 is 0 Å². The molecule has 0 aliphatic heterocycles. The van der Waals surface area contributed by atoms with E-state index in [2.05, 4.69) is 0 Å². The minimum atomic E-state index is -0.192. The van der Waals surface area contributed by atoms with Crippen molar-refractivity contribution in [3.05, 3.63) is 58.5 Å².